The fourth-order valence-electron chi connectivity index (χ4n) is 5.47. The van der Waals surface area contributed by atoms with E-state index in [0.717, 1.165) is 35.9 Å². The van der Waals surface area contributed by atoms with Crippen LogP contribution in [0.4, 0.5) is 24.8 Å². The van der Waals surface area contributed by atoms with Gasteiger partial charge in [0.15, 0.2) is 0 Å². The molecule has 1 aliphatic rings. The van der Waals surface area contributed by atoms with Crippen LogP contribution in [-0.2, 0) is 0 Å². The molecule has 1 aliphatic carbocycles. The normalized spacial score (nSPS) is 20.0. The summed E-state index contributed by atoms with van der Waals surface area (Å²) in [6, 6.07) is 11.8. The summed E-state index contributed by atoms with van der Waals surface area (Å²) < 4.78 is 49.0. The van der Waals surface area contributed by atoms with E-state index in [1.54, 1.807) is 19.1 Å². The Kier molecular flexibility index (Phi) is 5.92. The van der Waals surface area contributed by atoms with Gasteiger partial charge in [0.25, 0.3) is 0 Å². The second kappa shape index (κ2) is 8.83. The average molecular weight is 500 g/mol. The summed E-state index contributed by atoms with van der Waals surface area (Å²) in [6.07, 6.45) is -1.58. The number of hydrogen-bond acceptors (Lipinski definition) is 6. The van der Waals surface area contributed by atoms with Gasteiger partial charge in [-0.15, -0.1) is 13.2 Å². The third kappa shape index (κ3) is 5.17. The van der Waals surface area contributed by atoms with Gasteiger partial charge in [-0.05, 0) is 73.1 Å². The fraction of sp³-hybridized carbons (Fsp3) is 0.423. The van der Waals surface area contributed by atoms with E-state index in [0.29, 0.717) is 29.3 Å². The molecule has 0 spiro atoms. The van der Waals surface area contributed by atoms with Crippen molar-refractivity contribution in [3.8, 4) is 17.1 Å². The summed E-state index contributed by atoms with van der Waals surface area (Å²) in [6.45, 7) is 8.59. The van der Waals surface area contributed by atoms with Gasteiger partial charge in [0, 0.05) is 24.2 Å². The zero-order valence-corrected chi connectivity index (χ0v) is 20.6. The lowest BCUT2D eigenvalue weighted by molar-refractivity contribution is -0.274. The Morgan fingerprint density at radius 3 is 2.47 bits per heavy atom. The quantitative estimate of drug-likeness (QED) is 0.308. The molecule has 36 heavy (non-hydrogen) atoms. The molecule has 0 aliphatic heterocycles. The Balaban J connectivity index is 1.54. The average Bonchev–Trinajstić information content (AvgIpc) is 3.35. The molecule has 2 heterocycles. The van der Waals surface area contributed by atoms with E-state index < -0.39 is 6.36 Å². The SMILES string of the molecule is Cc1nc(-c2ccc3c(c2)nc(Nc2ccc(OC(F)(F)F)cc2)n3C2CC(C)CC(C)(C)C2)no1. The molecule has 2 atom stereocenters. The van der Waals surface area contributed by atoms with Crippen molar-refractivity contribution in [3.63, 3.8) is 0 Å². The van der Waals surface area contributed by atoms with Gasteiger partial charge in [-0.2, -0.15) is 4.98 Å². The van der Waals surface area contributed by atoms with E-state index in [1.807, 2.05) is 18.2 Å². The second-order valence-corrected chi connectivity index (χ2v) is 10.4. The van der Waals surface area contributed by atoms with Crippen molar-refractivity contribution in [1.29, 1.82) is 0 Å². The van der Waals surface area contributed by atoms with E-state index in [-0.39, 0.29) is 17.2 Å². The Bertz CT molecular complexity index is 1370. The van der Waals surface area contributed by atoms with Gasteiger partial charge in [0.1, 0.15) is 5.75 Å². The van der Waals surface area contributed by atoms with Crippen LogP contribution in [0.15, 0.2) is 47.0 Å². The van der Waals surface area contributed by atoms with E-state index in [4.69, 9.17) is 9.51 Å². The van der Waals surface area contributed by atoms with Gasteiger partial charge in [0.2, 0.25) is 17.7 Å². The van der Waals surface area contributed by atoms with Crippen LogP contribution in [0.1, 0.15) is 52.0 Å². The van der Waals surface area contributed by atoms with Crippen molar-refractivity contribution in [2.45, 2.75) is 59.4 Å². The maximum absolute atomic E-state index is 12.6. The van der Waals surface area contributed by atoms with Crippen LogP contribution in [0.3, 0.4) is 0 Å². The van der Waals surface area contributed by atoms with Crippen LogP contribution in [0, 0.1) is 18.3 Å². The molecule has 5 rings (SSSR count). The van der Waals surface area contributed by atoms with E-state index in [1.165, 1.54) is 12.1 Å². The highest BCUT2D eigenvalue weighted by Crippen LogP contribution is 2.46. The third-order valence-electron chi connectivity index (χ3n) is 6.55. The zero-order valence-electron chi connectivity index (χ0n) is 20.6. The number of nitrogens with one attached hydrogen (secondary N) is 1. The molecule has 4 aromatic rings. The number of nitrogens with zero attached hydrogens (tertiary/aromatic N) is 4. The van der Waals surface area contributed by atoms with Gasteiger partial charge < -0.3 is 19.1 Å². The summed E-state index contributed by atoms with van der Waals surface area (Å²) in [5, 5.41) is 7.33. The van der Waals surface area contributed by atoms with Gasteiger partial charge in [-0.1, -0.05) is 25.9 Å². The van der Waals surface area contributed by atoms with Crippen molar-refractivity contribution in [1.82, 2.24) is 19.7 Å². The van der Waals surface area contributed by atoms with Crippen molar-refractivity contribution < 1.29 is 22.4 Å². The number of alkyl halides is 3. The topological polar surface area (TPSA) is 78.0 Å². The molecule has 2 aromatic carbocycles. The van der Waals surface area contributed by atoms with Gasteiger partial charge in [-0.25, -0.2) is 4.98 Å². The molecule has 10 heteroatoms. The predicted molar refractivity (Wildman–Crippen MR) is 130 cm³/mol. The minimum atomic E-state index is -4.73. The minimum Gasteiger partial charge on any atom is -0.406 e. The molecule has 1 N–H and O–H groups in total. The number of rotatable bonds is 5. The van der Waals surface area contributed by atoms with Crippen LogP contribution < -0.4 is 10.1 Å². The predicted octanol–water partition coefficient (Wildman–Crippen LogP) is 7.42. The first kappa shape index (κ1) is 24.1. The monoisotopic (exact) mass is 499 g/mol. The van der Waals surface area contributed by atoms with E-state index in [9.17, 15) is 13.2 Å². The molecule has 1 fully saturated rings. The summed E-state index contributed by atoms with van der Waals surface area (Å²) in [5.41, 5.74) is 3.31. The van der Waals surface area contributed by atoms with Crippen LogP contribution in [0.25, 0.3) is 22.4 Å². The number of halogens is 3. The van der Waals surface area contributed by atoms with Gasteiger partial charge in [-0.3, -0.25) is 0 Å². The smallest absolute Gasteiger partial charge is 0.406 e. The molecule has 0 amide bonds. The van der Waals surface area contributed by atoms with E-state index in [2.05, 4.69) is 45.5 Å². The Labute approximate surface area is 206 Å². The molecule has 2 unspecified atom stereocenters. The maximum atomic E-state index is 12.6. The number of fused-ring (bicyclic) bond motifs is 1. The largest absolute Gasteiger partial charge is 0.573 e. The standard InChI is InChI=1S/C26H28F3N5O2/c1-15-11-19(14-25(3,4)13-15)34-22-10-5-17(23-30-16(2)36-33-23)12-21(22)32-24(34)31-18-6-8-20(9-7-18)35-26(27,28)29/h5-10,12,15,19H,11,13-14H2,1-4H3,(H,31,32). The molecule has 0 radical (unpaired) electrons. The lowest BCUT2D eigenvalue weighted by Gasteiger charge is -2.40. The third-order valence-corrected chi connectivity index (χ3v) is 6.55. The van der Waals surface area contributed by atoms with E-state index >= 15 is 0 Å². The number of aromatic nitrogens is 4. The summed E-state index contributed by atoms with van der Waals surface area (Å²) in [7, 11) is 0. The number of aryl methyl sites for hydroxylation is 1. The molecular formula is C26H28F3N5O2. The highest BCUT2D eigenvalue weighted by Gasteiger charge is 2.35. The van der Waals surface area contributed by atoms with Crippen molar-refractivity contribution in [3.05, 3.63) is 48.4 Å². The number of hydrogen-bond donors (Lipinski definition) is 1. The molecular weight excluding hydrogens is 471 g/mol. The summed E-state index contributed by atoms with van der Waals surface area (Å²) >= 11 is 0. The maximum Gasteiger partial charge on any atom is 0.573 e. The first-order valence-electron chi connectivity index (χ1n) is 11.9. The highest BCUT2D eigenvalue weighted by atomic mass is 19.4. The molecule has 1 saturated carbocycles. The lowest BCUT2D eigenvalue weighted by atomic mass is 9.70. The van der Waals surface area contributed by atoms with Gasteiger partial charge >= 0.3 is 6.36 Å². The van der Waals surface area contributed by atoms with Crippen molar-refractivity contribution in [2.75, 3.05) is 5.32 Å². The molecule has 7 nitrogen and oxygen atoms in total. The Morgan fingerprint density at radius 1 is 1.08 bits per heavy atom. The lowest BCUT2D eigenvalue weighted by Crippen LogP contribution is -2.29. The molecule has 190 valence electrons. The molecule has 2 aromatic heterocycles. The van der Waals surface area contributed by atoms with Crippen molar-refractivity contribution in [2.24, 2.45) is 11.3 Å². The van der Waals surface area contributed by atoms with Crippen molar-refractivity contribution >= 4 is 22.7 Å². The first-order valence-corrected chi connectivity index (χ1v) is 11.9. The van der Waals surface area contributed by atoms with Crippen LogP contribution in [0.5, 0.6) is 5.75 Å². The number of ether oxygens (including phenoxy) is 1. The Morgan fingerprint density at radius 2 is 1.83 bits per heavy atom. The zero-order chi connectivity index (χ0) is 25.7. The highest BCUT2D eigenvalue weighted by molar-refractivity contribution is 5.84. The number of anilines is 2. The summed E-state index contributed by atoms with van der Waals surface area (Å²) in [4.78, 5) is 9.20. The van der Waals surface area contributed by atoms with Crippen LogP contribution in [-0.4, -0.2) is 26.1 Å². The Hall–Kier alpha value is -3.56. The number of imidazole rings is 1. The fourth-order valence-corrected chi connectivity index (χ4v) is 5.47. The molecule has 0 saturated heterocycles. The number of benzene rings is 2. The molecule has 0 bridgehead atoms. The van der Waals surface area contributed by atoms with Crippen LogP contribution >= 0.6 is 0 Å². The van der Waals surface area contributed by atoms with Gasteiger partial charge in [0.05, 0.1) is 11.0 Å². The first-order chi connectivity index (χ1) is 17.0. The van der Waals surface area contributed by atoms with Crippen LogP contribution in [0.2, 0.25) is 0 Å². The minimum absolute atomic E-state index is 0.175. The summed E-state index contributed by atoms with van der Waals surface area (Å²) in [5.74, 6) is 1.88. The second-order valence-electron chi connectivity index (χ2n) is 10.4.